The summed E-state index contributed by atoms with van der Waals surface area (Å²) in [5.41, 5.74) is 2.35. The summed E-state index contributed by atoms with van der Waals surface area (Å²) in [6, 6.07) is 11.8. The van der Waals surface area contributed by atoms with E-state index >= 15 is 0 Å². The molecular weight excluding hydrogens is 385 g/mol. The van der Waals surface area contributed by atoms with Gasteiger partial charge < -0.3 is 19.9 Å². The number of halogens is 1. The predicted molar refractivity (Wildman–Crippen MR) is 112 cm³/mol. The SMILES string of the molecule is CNC(=O)c1ccc(CN(C(=O)c2c[nH]c3cccc(F)c23)C2CCCOC2)cc1. The molecule has 1 aliphatic rings. The molecular formula is C23H24FN3O3. The van der Waals surface area contributed by atoms with Crippen LogP contribution in [0.25, 0.3) is 10.9 Å². The van der Waals surface area contributed by atoms with Crippen LogP contribution in [0.4, 0.5) is 4.39 Å². The number of ether oxygens (including phenoxy) is 1. The third-order valence-electron chi connectivity index (χ3n) is 5.52. The van der Waals surface area contributed by atoms with Crippen molar-refractivity contribution in [2.24, 2.45) is 0 Å². The molecule has 1 aromatic heterocycles. The highest BCUT2D eigenvalue weighted by atomic mass is 19.1. The third kappa shape index (κ3) is 3.93. The Bertz CT molecular complexity index is 1060. The first kappa shape index (κ1) is 20.1. The molecule has 1 aliphatic heterocycles. The molecule has 0 aliphatic carbocycles. The maximum Gasteiger partial charge on any atom is 0.256 e. The molecule has 6 nitrogen and oxygen atoms in total. The molecule has 1 atom stereocenters. The molecule has 2 aromatic carbocycles. The molecule has 1 fully saturated rings. The Morgan fingerprint density at radius 1 is 1.23 bits per heavy atom. The second kappa shape index (κ2) is 8.67. The van der Waals surface area contributed by atoms with Gasteiger partial charge in [-0.25, -0.2) is 4.39 Å². The number of carbonyl (C=O) groups is 2. The summed E-state index contributed by atoms with van der Waals surface area (Å²) in [6.45, 7) is 1.48. The number of rotatable bonds is 5. The van der Waals surface area contributed by atoms with Crippen molar-refractivity contribution < 1.29 is 18.7 Å². The highest BCUT2D eigenvalue weighted by molar-refractivity contribution is 6.07. The zero-order chi connectivity index (χ0) is 21.1. The van der Waals surface area contributed by atoms with Crippen molar-refractivity contribution in [2.75, 3.05) is 20.3 Å². The molecule has 2 amide bonds. The Hall–Kier alpha value is -3.19. The Kier molecular flexibility index (Phi) is 5.81. The van der Waals surface area contributed by atoms with Gasteiger partial charge in [-0.1, -0.05) is 18.2 Å². The van der Waals surface area contributed by atoms with Gasteiger partial charge in [-0.05, 0) is 42.7 Å². The topological polar surface area (TPSA) is 74.4 Å². The molecule has 7 heteroatoms. The quantitative estimate of drug-likeness (QED) is 0.678. The van der Waals surface area contributed by atoms with Crippen LogP contribution >= 0.6 is 0 Å². The molecule has 2 heterocycles. The number of fused-ring (bicyclic) bond motifs is 1. The van der Waals surface area contributed by atoms with E-state index in [1.54, 1.807) is 42.4 Å². The average molecular weight is 409 g/mol. The number of aromatic nitrogens is 1. The number of H-pyrrole nitrogens is 1. The Balaban J connectivity index is 1.65. The fraction of sp³-hybridized carbons (Fsp3) is 0.304. The van der Waals surface area contributed by atoms with Gasteiger partial charge in [-0.3, -0.25) is 9.59 Å². The summed E-state index contributed by atoms with van der Waals surface area (Å²) in [4.78, 5) is 30.0. The fourth-order valence-corrected chi connectivity index (χ4v) is 3.90. The minimum absolute atomic E-state index is 0.0957. The van der Waals surface area contributed by atoms with Crippen molar-refractivity contribution in [1.29, 1.82) is 0 Å². The van der Waals surface area contributed by atoms with E-state index in [0.29, 0.717) is 41.8 Å². The molecule has 1 unspecified atom stereocenters. The lowest BCUT2D eigenvalue weighted by molar-refractivity contribution is 0.0144. The molecule has 156 valence electrons. The van der Waals surface area contributed by atoms with Crippen molar-refractivity contribution in [3.63, 3.8) is 0 Å². The van der Waals surface area contributed by atoms with Crippen molar-refractivity contribution in [3.8, 4) is 0 Å². The second-order valence-corrected chi connectivity index (χ2v) is 7.44. The molecule has 3 aromatic rings. The second-order valence-electron chi connectivity index (χ2n) is 7.44. The van der Waals surface area contributed by atoms with Gasteiger partial charge in [0, 0.05) is 42.9 Å². The lowest BCUT2D eigenvalue weighted by atomic mass is 10.0. The first-order valence-electron chi connectivity index (χ1n) is 10.0. The van der Waals surface area contributed by atoms with Gasteiger partial charge in [0.05, 0.1) is 18.2 Å². The lowest BCUT2D eigenvalue weighted by Gasteiger charge is -2.34. The van der Waals surface area contributed by atoms with Gasteiger partial charge in [-0.15, -0.1) is 0 Å². The van der Waals surface area contributed by atoms with E-state index in [4.69, 9.17) is 4.74 Å². The maximum atomic E-state index is 14.5. The minimum Gasteiger partial charge on any atom is -0.379 e. The summed E-state index contributed by atoms with van der Waals surface area (Å²) in [7, 11) is 1.58. The number of nitrogens with one attached hydrogen (secondary N) is 2. The number of aromatic amines is 1. The molecule has 0 spiro atoms. The predicted octanol–water partition coefficient (Wildman–Crippen LogP) is 3.49. The molecule has 0 saturated carbocycles. The Labute approximate surface area is 174 Å². The molecule has 1 saturated heterocycles. The van der Waals surface area contributed by atoms with Crippen LogP contribution in [0.1, 0.15) is 39.1 Å². The normalized spacial score (nSPS) is 16.4. The van der Waals surface area contributed by atoms with Crippen LogP contribution in [0.3, 0.4) is 0 Å². The standard InChI is InChI=1S/C23H24FN3O3/c1-25-22(28)16-9-7-15(8-10-16)13-27(17-4-3-11-30-14-17)23(29)18-12-26-20-6-2-5-19(24)21(18)20/h2,5-10,12,17,26H,3-4,11,13-14H2,1H3,(H,25,28). The molecule has 2 N–H and O–H groups in total. The van der Waals surface area contributed by atoms with Crippen LogP contribution in [0, 0.1) is 5.82 Å². The highest BCUT2D eigenvalue weighted by Gasteiger charge is 2.29. The van der Waals surface area contributed by atoms with Crippen LogP contribution in [-0.2, 0) is 11.3 Å². The van der Waals surface area contributed by atoms with E-state index in [0.717, 1.165) is 18.4 Å². The highest BCUT2D eigenvalue weighted by Crippen LogP contribution is 2.26. The first-order valence-corrected chi connectivity index (χ1v) is 10.0. The van der Waals surface area contributed by atoms with Gasteiger partial charge in [0.2, 0.25) is 0 Å². The van der Waals surface area contributed by atoms with E-state index in [9.17, 15) is 14.0 Å². The van der Waals surface area contributed by atoms with E-state index in [1.807, 2.05) is 12.1 Å². The van der Waals surface area contributed by atoms with E-state index in [-0.39, 0.29) is 17.9 Å². The number of hydrogen-bond acceptors (Lipinski definition) is 3. The number of amides is 2. The van der Waals surface area contributed by atoms with Gasteiger partial charge in [0.1, 0.15) is 5.82 Å². The molecule has 4 rings (SSSR count). The van der Waals surface area contributed by atoms with Gasteiger partial charge in [0.15, 0.2) is 0 Å². The van der Waals surface area contributed by atoms with Crippen LogP contribution in [0.15, 0.2) is 48.7 Å². The van der Waals surface area contributed by atoms with Gasteiger partial charge in [0.25, 0.3) is 11.8 Å². The zero-order valence-corrected chi connectivity index (χ0v) is 16.8. The van der Waals surface area contributed by atoms with E-state index in [2.05, 4.69) is 10.3 Å². The summed E-state index contributed by atoms with van der Waals surface area (Å²) in [5, 5.41) is 2.90. The monoisotopic (exact) mass is 409 g/mol. The number of benzene rings is 2. The number of carbonyl (C=O) groups excluding carboxylic acids is 2. The minimum atomic E-state index is -0.424. The number of nitrogens with zero attached hydrogens (tertiary/aromatic N) is 1. The van der Waals surface area contributed by atoms with Crippen LogP contribution in [0.2, 0.25) is 0 Å². The van der Waals surface area contributed by atoms with E-state index < -0.39 is 5.82 Å². The third-order valence-corrected chi connectivity index (χ3v) is 5.52. The maximum absolute atomic E-state index is 14.5. The lowest BCUT2D eigenvalue weighted by Crippen LogP contribution is -2.44. The van der Waals surface area contributed by atoms with Crippen molar-refractivity contribution >= 4 is 22.7 Å². The van der Waals surface area contributed by atoms with E-state index in [1.165, 1.54) is 6.07 Å². The van der Waals surface area contributed by atoms with Crippen molar-refractivity contribution in [3.05, 3.63) is 71.2 Å². The van der Waals surface area contributed by atoms with Crippen LogP contribution < -0.4 is 5.32 Å². The average Bonchev–Trinajstić information content (AvgIpc) is 3.23. The van der Waals surface area contributed by atoms with Crippen molar-refractivity contribution in [2.45, 2.75) is 25.4 Å². The largest absolute Gasteiger partial charge is 0.379 e. The molecule has 0 radical (unpaired) electrons. The van der Waals surface area contributed by atoms with Crippen molar-refractivity contribution in [1.82, 2.24) is 15.2 Å². The number of hydrogen-bond donors (Lipinski definition) is 2. The zero-order valence-electron chi connectivity index (χ0n) is 16.8. The smallest absolute Gasteiger partial charge is 0.256 e. The summed E-state index contributed by atoms with van der Waals surface area (Å²) < 4.78 is 20.1. The van der Waals surface area contributed by atoms with Crippen LogP contribution in [0.5, 0.6) is 0 Å². The Morgan fingerprint density at radius 2 is 2.03 bits per heavy atom. The fourth-order valence-electron chi connectivity index (χ4n) is 3.90. The molecule has 30 heavy (non-hydrogen) atoms. The summed E-state index contributed by atoms with van der Waals surface area (Å²) >= 11 is 0. The molecule has 0 bridgehead atoms. The van der Waals surface area contributed by atoms with Gasteiger partial charge >= 0.3 is 0 Å². The van der Waals surface area contributed by atoms with Gasteiger partial charge in [-0.2, -0.15) is 0 Å². The first-order chi connectivity index (χ1) is 14.6. The van der Waals surface area contributed by atoms with Crippen LogP contribution in [-0.4, -0.2) is 48.0 Å². The summed E-state index contributed by atoms with van der Waals surface area (Å²) in [5.74, 6) is -0.825. The summed E-state index contributed by atoms with van der Waals surface area (Å²) in [6.07, 6.45) is 3.26. The Morgan fingerprint density at radius 3 is 2.73 bits per heavy atom.